The minimum absolute atomic E-state index is 0.411. The van der Waals surface area contributed by atoms with E-state index >= 15 is 0 Å². The second-order valence-electron chi connectivity index (χ2n) is 11.7. The molecule has 1 spiro atoms. The highest BCUT2D eigenvalue weighted by molar-refractivity contribution is 5.93. The van der Waals surface area contributed by atoms with Gasteiger partial charge in [-0.05, 0) is 80.3 Å². The van der Waals surface area contributed by atoms with Crippen molar-refractivity contribution in [3.05, 3.63) is 84.2 Å². The minimum Gasteiger partial charge on any atom is -0.465 e. The summed E-state index contributed by atoms with van der Waals surface area (Å²) in [7, 11) is 1.40. The summed E-state index contributed by atoms with van der Waals surface area (Å²) in [5.41, 5.74) is 4.23. The number of benzene rings is 2. The van der Waals surface area contributed by atoms with Gasteiger partial charge < -0.3 is 19.4 Å². The molecule has 4 heterocycles. The summed E-state index contributed by atoms with van der Waals surface area (Å²) in [5, 5.41) is 0.956. The van der Waals surface area contributed by atoms with E-state index in [1.165, 1.54) is 57.7 Å². The third-order valence-corrected chi connectivity index (χ3v) is 9.45. The second kappa shape index (κ2) is 10.3. The highest BCUT2D eigenvalue weighted by Crippen LogP contribution is 2.54. The third kappa shape index (κ3) is 4.62. The Morgan fingerprint density at radius 3 is 2.65 bits per heavy atom. The van der Waals surface area contributed by atoms with Gasteiger partial charge in [0.25, 0.3) is 0 Å². The van der Waals surface area contributed by atoms with Gasteiger partial charge in [-0.3, -0.25) is 4.90 Å². The van der Waals surface area contributed by atoms with E-state index in [1.54, 1.807) is 6.20 Å². The number of aromatic amines is 1. The summed E-state index contributed by atoms with van der Waals surface area (Å²) in [5.74, 6) is 0.667. The van der Waals surface area contributed by atoms with E-state index in [0.717, 1.165) is 29.8 Å². The van der Waals surface area contributed by atoms with Gasteiger partial charge in [-0.2, -0.15) is 0 Å². The van der Waals surface area contributed by atoms with Crippen molar-refractivity contribution in [2.24, 2.45) is 5.41 Å². The summed E-state index contributed by atoms with van der Waals surface area (Å²) < 4.78 is 11.3. The van der Waals surface area contributed by atoms with E-state index in [4.69, 9.17) is 9.47 Å². The number of carbonyl (C=O) groups is 1. The first-order valence-corrected chi connectivity index (χ1v) is 14.5. The molecule has 3 aliphatic rings. The zero-order valence-electron chi connectivity index (χ0n) is 23.0. The largest absolute Gasteiger partial charge is 0.465 e. The Balaban J connectivity index is 1.03. The summed E-state index contributed by atoms with van der Waals surface area (Å²) >= 11 is 0. The van der Waals surface area contributed by atoms with E-state index in [1.807, 2.05) is 36.5 Å². The van der Waals surface area contributed by atoms with Gasteiger partial charge in [0.05, 0.1) is 13.3 Å². The number of H-pyrrole nitrogens is 1. The van der Waals surface area contributed by atoms with Gasteiger partial charge in [-0.15, -0.1) is 0 Å². The first kappa shape index (κ1) is 25.1. The van der Waals surface area contributed by atoms with Gasteiger partial charge in [-0.25, -0.2) is 9.78 Å². The zero-order valence-corrected chi connectivity index (χ0v) is 23.0. The Bertz CT molecular complexity index is 1500. The van der Waals surface area contributed by atoms with Crippen LogP contribution in [0.3, 0.4) is 0 Å². The van der Waals surface area contributed by atoms with Crippen LogP contribution in [0.25, 0.3) is 11.0 Å². The maximum atomic E-state index is 12.5. The number of anilines is 1. The van der Waals surface area contributed by atoms with Crippen LogP contribution < -0.4 is 9.64 Å². The van der Waals surface area contributed by atoms with Crippen molar-refractivity contribution >= 4 is 22.7 Å². The molecule has 1 aliphatic carbocycles. The smallest absolute Gasteiger partial charge is 0.341 e. The van der Waals surface area contributed by atoms with Crippen LogP contribution in [0.15, 0.2) is 73.1 Å². The molecule has 2 aromatic carbocycles. The number of piperidine rings is 1. The lowest BCUT2D eigenvalue weighted by atomic mass is 9.60. The lowest BCUT2D eigenvalue weighted by Crippen LogP contribution is -2.54. The number of rotatable bonds is 6. The molecule has 3 fully saturated rings. The molecule has 2 saturated heterocycles. The van der Waals surface area contributed by atoms with Crippen LogP contribution in [0, 0.1) is 5.41 Å². The number of likely N-dealkylation sites (tertiary alicyclic amines) is 1. The monoisotopic (exact) mass is 536 g/mol. The highest BCUT2D eigenvalue weighted by Gasteiger charge is 2.49. The normalized spacial score (nSPS) is 21.0. The fraction of sp³-hybridized carbons (Fsp3) is 0.394. The third-order valence-electron chi connectivity index (χ3n) is 9.45. The lowest BCUT2D eigenvalue weighted by Gasteiger charge is -2.56. The van der Waals surface area contributed by atoms with E-state index in [-0.39, 0.29) is 0 Å². The van der Waals surface area contributed by atoms with Crippen LogP contribution in [0.5, 0.6) is 11.5 Å². The van der Waals surface area contributed by atoms with Crippen LogP contribution in [0.1, 0.15) is 60.5 Å². The summed E-state index contributed by atoms with van der Waals surface area (Å²) in [6.07, 6.45) is 11.1. The number of hydrogen-bond acceptors (Lipinski definition) is 6. The van der Waals surface area contributed by atoms with Gasteiger partial charge in [0.15, 0.2) is 0 Å². The Hall–Kier alpha value is -3.84. The molecule has 4 aromatic rings. The highest BCUT2D eigenvalue weighted by atomic mass is 16.5. The predicted molar refractivity (Wildman–Crippen MR) is 156 cm³/mol. The fourth-order valence-electron chi connectivity index (χ4n) is 7.25. The van der Waals surface area contributed by atoms with Gasteiger partial charge in [0.2, 0.25) is 0 Å². The number of ether oxygens (including phenoxy) is 2. The average molecular weight is 537 g/mol. The van der Waals surface area contributed by atoms with Crippen molar-refractivity contribution in [2.75, 3.05) is 31.6 Å². The van der Waals surface area contributed by atoms with E-state index in [2.05, 4.69) is 50.1 Å². The van der Waals surface area contributed by atoms with Gasteiger partial charge in [0, 0.05) is 48.5 Å². The number of methoxy groups -OCH3 is 1. The minimum atomic E-state index is -0.411. The molecule has 1 saturated carbocycles. The van der Waals surface area contributed by atoms with Crippen molar-refractivity contribution in [1.82, 2.24) is 14.9 Å². The number of nitrogens with zero attached hydrogens (tertiary/aromatic N) is 3. The van der Waals surface area contributed by atoms with E-state index < -0.39 is 5.97 Å². The second-order valence-corrected chi connectivity index (χ2v) is 11.7. The molecule has 40 heavy (non-hydrogen) atoms. The molecule has 2 aromatic heterocycles. The van der Waals surface area contributed by atoms with Gasteiger partial charge in [0.1, 0.15) is 22.7 Å². The topological polar surface area (TPSA) is 70.7 Å². The molecule has 206 valence electrons. The summed E-state index contributed by atoms with van der Waals surface area (Å²) in [4.78, 5) is 25.3. The van der Waals surface area contributed by atoms with Crippen molar-refractivity contribution < 1.29 is 14.3 Å². The molecule has 0 radical (unpaired) electrons. The number of fused-ring (bicyclic) bond motifs is 1. The molecule has 1 atom stereocenters. The van der Waals surface area contributed by atoms with Crippen LogP contribution >= 0.6 is 0 Å². The molecular weight excluding hydrogens is 500 g/mol. The lowest BCUT2D eigenvalue weighted by molar-refractivity contribution is -0.0226. The molecule has 7 nitrogen and oxygen atoms in total. The number of pyridine rings is 1. The van der Waals surface area contributed by atoms with Gasteiger partial charge >= 0.3 is 5.97 Å². The van der Waals surface area contributed by atoms with Crippen LogP contribution in [0.4, 0.5) is 5.69 Å². The molecule has 0 bridgehead atoms. The quantitative estimate of drug-likeness (QED) is 0.276. The van der Waals surface area contributed by atoms with E-state index in [9.17, 15) is 4.79 Å². The Kier molecular flexibility index (Phi) is 6.47. The van der Waals surface area contributed by atoms with E-state index in [0.29, 0.717) is 34.6 Å². The van der Waals surface area contributed by atoms with Crippen LogP contribution in [-0.2, 0) is 4.74 Å². The van der Waals surface area contributed by atoms with Crippen molar-refractivity contribution in [3.63, 3.8) is 0 Å². The Morgan fingerprint density at radius 1 is 1.02 bits per heavy atom. The maximum absolute atomic E-state index is 12.5. The fourth-order valence-corrected chi connectivity index (χ4v) is 7.25. The van der Waals surface area contributed by atoms with Crippen molar-refractivity contribution in [3.8, 4) is 11.5 Å². The summed E-state index contributed by atoms with van der Waals surface area (Å²) in [6, 6.07) is 22.1. The van der Waals surface area contributed by atoms with Crippen LogP contribution in [0.2, 0.25) is 0 Å². The number of esters is 1. The first-order valence-electron chi connectivity index (χ1n) is 14.5. The zero-order chi connectivity index (χ0) is 27.1. The van der Waals surface area contributed by atoms with Crippen molar-refractivity contribution in [1.29, 1.82) is 0 Å². The molecule has 0 amide bonds. The molecule has 1 N–H and O–H groups in total. The molecule has 1 unspecified atom stereocenters. The molecule has 7 rings (SSSR count). The summed E-state index contributed by atoms with van der Waals surface area (Å²) in [6.45, 7) is 3.26. The number of nitrogens with one attached hydrogen (secondary N) is 1. The number of aromatic nitrogens is 2. The van der Waals surface area contributed by atoms with Crippen LogP contribution in [-0.4, -0.2) is 53.6 Å². The van der Waals surface area contributed by atoms with Crippen molar-refractivity contribution in [2.45, 2.75) is 50.6 Å². The number of carbonyl (C=O) groups excluding carboxylic acids is 1. The standard InChI is InChI=1S/C33H36N4O3/c1-39-32(38)28-10-9-25(19-30(28)40-27-18-24-11-14-34-31(24)35-22-27)36-16-12-33(13-17-36)20-26(21-33)37-15-5-8-29(37)23-6-3-2-4-7-23/h2-4,6-7,9-11,14,18-19,22,26,29H,5,8,12-13,15-17,20-21H2,1H3,(H,34,35). The Morgan fingerprint density at radius 2 is 1.85 bits per heavy atom. The SMILES string of the molecule is COC(=O)c1ccc(N2CCC3(CC2)CC(N2CCCC2c2ccccc2)C3)cc1Oc1cnc2[nH]ccc2c1. The average Bonchev–Trinajstić information content (AvgIpc) is 3.66. The number of hydrogen-bond donors (Lipinski definition) is 1. The predicted octanol–water partition coefficient (Wildman–Crippen LogP) is 6.73. The molecule has 2 aliphatic heterocycles. The maximum Gasteiger partial charge on any atom is 0.341 e. The van der Waals surface area contributed by atoms with Gasteiger partial charge in [-0.1, -0.05) is 30.3 Å². The molecular formula is C33H36N4O3. The first-order chi connectivity index (χ1) is 19.6. The Labute approximate surface area is 235 Å². The molecule has 7 heteroatoms.